The minimum Gasteiger partial charge on any atom is -0.427 e. The summed E-state index contributed by atoms with van der Waals surface area (Å²) in [6.45, 7) is 1.28. The number of carbonyl (C=O) groups is 1. The van der Waals surface area contributed by atoms with Gasteiger partial charge in [-0.15, -0.1) is 11.3 Å². The standard InChI is InChI=1S/C20H13F3N4O2S/c1-12(28)29-14-6-4-5-13(9-14)17-11-30-19(25-17)27-18(20(21,22)23)10-16(26-27)15-7-2-3-8-24-15/h2-11H,1H3. The number of pyridine rings is 1. The van der Waals surface area contributed by atoms with Crippen molar-refractivity contribution >= 4 is 17.3 Å². The Bertz CT molecular complexity index is 1200. The van der Waals surface area contributed by atoms with Gasteiger partial charge >= 0.3 is 12.1 Å². The van der Waals surface area contributed by atoms with Crippen LogP contribution < -0.4 is 4.74 Å². The van der Waals surface area contributed by atoms with Crippen LogP contribution in [0.2, 0.25) is 0 Å². The van der Waals surface area contributed by atoms with Gasteiger partial charge in [-0.3, -0.25) is 9.78 Å². The summed E-state index contributed by atoms with van der Waals surface area (Å²) in [5.41, 5.74) is 0.510. The van der Waals surface area contributed by atoms with Crippen LogP contribution in [0.5, 0.6) is 5.75 Å². The van der Waals surface area contributed by atoms with Crippen LogP contribution in [0, 0.1) is 0 Å². The van der Waals surface area contributed by atoms with Crippen molar-refractivity contribution in [3.8, 4) is 33.5 Å². The van der Waals surface area contributed by atoms with E-state index in [-0.39, 0.29) is 10.8 Å². The maximum Gasteiger partial charge on any atom is 0.433 e. The summed E-state index contributed by atoms with van der Waals surface area (Å²) < 4.78 is 46.7. The van der Waals surface area contributed by atoms with Crippen LogP contribution >= 0.6 is 11.3 Å². The third-order valence-electron chi connectivity index (χ3n) is 3.99. The molecule has 0 spiro atoms. The minimum atomic E-state index is -4.62. The summed E-state index contributed by atoms with van der Waals surface area (Å²) in [6.07, 6.45) is -3.14. The summed E-state index contributed by atoms with van der Waals surface area (Å²) in [5, 5.41) is 5.76. The number of carbonyl (C=O) groups excluding carboxylic acids is 1. The lowest BCUT2D eigenvalue weighted by Gasteiger charge is -2.07. The number of thiazole rings is 1. The first kappa shape index (κ1) is 19.8. The largest absolute Gasteiger partial charge is 0.433 e. The fraction of sp³-hybridized carbons (Fsp3) is 0.100. The Morgan fingerprint density at radius 2 is 1.90 bits per heavy atom. The molecule has 0 aliphatic carbocycles. The van der Waals surface area contributed by atoms with Crippen LogP contribution in [0.1, 0.15) is 12.6 Å². The quantitative estimate of drug-likeness (QED) is 0.337. The first-order chi connectivity index (χ1) is 14.3. The van der Waals surface area contributed by atoms with Gasteiger partial charge in [0, 0.05) is 24.1 Å². The Balaban J connectivity index is 1.74. The van der Waals surface area contributed by atoms with Crippen molar-refractivity contribution in [3.05, 3.63) is 65.8 Å². The molecule has 0 amide bonds. The van der Waals surface area contributed by atoms with E-state index in [9.17, 15) is 18.0 Å². The number of aromatic nitrogens is 4. The van der Waals surface area contributed by atoms with Gasteiger partial charge in [0.15, 0.2) is 5.69 Å². The van der Waals surface area contributed by atoms with E-state index in [1.165, 1.54) is 13.1 Å². The molecule has 6 nitrogen and oxygen atoms in total. The summed E-state index contributed by atoms with van der Waals surface area (Å²) in [5.74, 6) is -0.151. The number of hydrogen-bond acceptors (Lipinski definition) is 6. The van der Waals surface area contributed by atoms with Crippen molar-refractivity contribution in [1.82, 2.24) is 19.7 Å². The normalized spacial score (nSPS) is 11.5. The van der Waals surface area contributed by atoms with Crippen molar-refractivity contribution in [1.29, 1.82) is 0 Å². The summed E-state index contributed by atoms with van der Waals surface area (Å²) in [6, 6.07) is 12.5. The summed E-state index contributed by atoms with van der Waals surface area (Å²) in [7, 11) is 0. The maximum absolute atomic E-state index is 13.6. The highest BCUT2D eigenvalue weighted by atomic mass is 32.1. The Labute approximate surface area is 172 Å². The first-order valence-corrected chi connectivity index (χ1v) is 9.52. The lowest BCUT2D eigenvalue weighted by atomic mass is 10.2. The topological polar surface area (TPSA) is 69.9 Å². The molecule has 1 aromatic carbocycles. The lowest BCUT2D eigenvalue weighted by molar-refractivity contribution is -0.142. The Hall–Kier alpha value is -3.53. The van der Waals surface area contributed by atoms with Gasteiger partial charge in [0.05, 0.1) is 11.4 Å². The highest BCUT2D eigenvalue weighted by Gasteiger charge is 2.37. The molecule has 3 heterocycles. The molecule has 4 aromatic rings. The lowest BCUT2D eigenvalue weighted by Crippen LogP contribution is -2.13. The number of halogens is 3. The SMILES string of the molecule is CC(=O)Oc1cccc(-c2csc(-n3nc(-c4ccccn4)cc3C(F)(F)F)n2)c1. The molecule has 0 radical (unpaired) electrons. The third-order valence-corrected chi connectivity index (χ3v) is 4.81. The fourth-order valence-electron chi connectivity index (χ4n) is 2.75. The second kappa shape index (κ2) is 7.71. The van der Waals surface area contributed by atoms with Crippen LogP contribution in [0.25, 0.3) is 27.8 Å². The van der Waals surface area contributed by atoms with Gasteiger partial charge < -0.3 is 4.74 Å². The monoisotopic (exact) mass is 430 g/mol. The van der Waals surface area contributed by atoms with E-state index in [0.29, 0.717) is 22.7 Å². The van der Waals surface area contributed by atoms with E-state index in [2.05, 4.69) is 15.1 Å². The molecule has 0 atom stereocenters. The zero-order valence-electron chi connectivity index (χ0n) is 15.4. The van der Waals surface area contributed by atoms with Gasteiger partial charge in [-0.05, 0) is 30.3 Å². The highest BCUT2D eigenvalue weighted by molar-refractivity contribution is 7.12. The van der Waals surface area contributed by atoms with E-state index < -0.39 is 17.8 Å². The molecule has 30 heavy (non-hydrogen) atoms. The maximum atomic E-state index is 13.6. The van der Waals surface area contributed by atoms with Gasteiger partial charge in [0.25, 0.3) is 0 Å². The molecule has 152 valence electrons. The van der Waals surface area contributed by atoms with Crippen molar-refractivity contribution in [3.63, 3.8) is 0 Å². The van der Waals surface area contributed by atoms with E-state index in [0.717, 1.165) is 22.1 Å². The number of nitrogens with zero attached hydrogens (tertiary/aromatic N) is 4. The van der Waals surface area contributed by atoms with Gasteiger partial charge in [-0.1, -0.05) is 18.2 Å². The second-order valence-electron chi connectivity index (χ2n) is 6.18. The Morgan fingerprint density at radius 3 is 2.60 bits per heavy atom. The molecular formula is C20H13F3N4O2S. The molecular weight excluding hydrogens is 417 g/mol. The molecule has 0 aliphatic heterocycles. The number of benzene rings is 1. The molecule has 4 rings (SSSR count). The zero-order chi connectivity index (χ0) is 21.3. The minimum absolute atomic E-state index is 0.0531. The Kier molecular flexibility index (Phi) is 5.08. The van der Waals surface area contributed by atoms with Crippen LogP contribution in [-0.4, -0.2) is 25.7 Å². The predicted molar refractivity (Wildman–Crippen MR) is 104 cm³/mol. The van der Waals surface area contributed by atoms with Crippen LogP contribution in [0.3, 0.4) is 0 Å². The zero-order valence-corrected chi connectivity index (χ0v) is 16.2. The molecule has 0 N–H and O–H groups in total. The fourth-order valence-corrected chi connectivity index (χ4v) is 3.54. The molecule has 0 saturated heterocycles. The smallest absolute Gasteiger partial charge is 0.427 e. The molecule has 10 heteroatoms. The van der Waals surface area contributed by atoms with Crippen molar-refractivity contribution in [2.45, 2.75) is 13.1 Å². The van der Waals surface area contributed by atoms with Crippen molar-refractivity contribution in [2.75, 3.05) is 0 Å². The molecule has 0 aliphatic rings. The van der Waals surface area contributed by atoms with Crippen molar-refractivity contribution < 1.29 is 22.7 Å². The van der Waals surface area contributed by atoms with Crippen LogP contribution in [0.15, 0.2) is 60.1 Å². The van der Waals surface area contributed by atoms with Gasteiger partial charge in [-0.2, -0.15) is 18.3 Å². The third kappa shape index (κ3) is 4.08. The molecule has 0 bridgehead atoms. The van der Waals surface area contributed by atoms with E-state index in [4.69, 9.17) is 4.74 Å². The van der Waals surface area contributed by atoms with E-state index in [1.807, 2.05) is 0 Å². The molecule has 3 aromatic heterocycles. The predicted octanol–water partition coefficient (Wildman–Crippen LogP) is 5.00. The molecule has 0 unspecified atom stereocenters. The number of rotatable bonds is 4. The average molecular weight is 430 g/mol. The molecule has 0 saturated carbocycles. The van der Waals surface area contributed by atoms with E-state index >= 15 is 0 Å². The first-order valence-electron chi connectivity index (χ1n) is 8.65. The summed E-state index contributed by atoms with van der Waals surface area (Å²) in [4.78, 5) is 19.5. The van der Waals surface area contributed by atoms with Crippen molar-refractivity contribution in [2.24, 2.45) is 0 Å². The van der Waals surface area contributed by atoms with E-state index in [1.54, 1.807) is 47.8 Å². The number of alkyl halides is 3. The Morgan fingerprint density at radius 1 is 1.07 bits per heavy atom. The number of esters is 1. The summed E-state index contributed by atoms with van der Waals surface area (Å²) >= 11 is 1.02. The highest BCUT2D eigenvalue weighted by Crippen LogP contribution is 2.35. The number of ether oxygens (including phenoxy) is 1. The van der Waals surface area contributed by atoms with Gasteiger partial charge in [0.1, 0.15) is 11.4 Å². The van der Waals surface area contributed by atoms with Crippen LogP contribution in [-0.2, 0) is 11.0 Å². The van der Waals surface area contributed by atoms with Gasteiger partial charge in [-0.25, -0.2) is 9.67 Å². The van der Waals surface area contributed by atoms with Gasteiger partial charge in [0.2, 0.25) is 5.13 Å². The van der Waals surface area contributed by atoms with Crippen LogP contribution in [0.4, 0.5) is 13.2 Å². The molecule has 0 fully saturated rings. The second-order valence-corrected chi connectivity index (χ2v) is 7.01. The average Bonchev–Trinajstić information content (AvgIpc) is 3.35. The number of hydrogen-bond donors (Lipinski definition) is 0.